The Bertz CT molecular complexity index is 1950. The fourth-order valence-corrected chi connectivity index (χ4v) is 5.52. The average Bonchev–Trinajstić information content (AvgIpc) is 3.66. The van der Waals surface area contributed by atoms with Crippen molar-refractivity contribution in [1.29, 1.82) is 0 Å². The van der Waals surface area contributed by atoms with E-state index < -0.39 is 50.6 Å². The number of carbonyl (C=O) groups is 1. The number of rotatable bonds is 8. The molecule has 0 unspecified atom stereocenters. The first-order valence-electron chi connectivity index (χ1n) is 12.1. The van der Waals surface area contributed by atoms with Gasteiger partial charge in [-0.15, -0.1) is 10.2 Å². The maximum absolute atomic E-state index is 15.5. The van der Waals surface area contributed by atoms with Gasteiger partial charge in [0, 0.05) is 17.3 Å². The summed E-state index contributed by atoms with van der Waals surface area (Å²) < 4.78 is 57.3. The molecule has 2 aromatic heterocycles. The highest BCUT2D eigenvalue weighted by molar-refractivity contribution is 7.91. The van der Waals surface area contributed by atoms with Crippen LogP contribution in [0.4, 0.5) is 14.5 Å². The predicted molar refractivity (Wildman–Crippen MR) is 144 cm³/mol. The minimum Gasteiger partial charge on any atom is -0.287 e. The maximum Gasteiger partial charge on any atom is 0.237 e. The van der Waals surface area contributed by atoms with Gasteiger partial charge in [0.25, 0.3) is 0 Å². The monoisotopic (exact) mass is 572 g/mol. The van der Waals surface area contributed by atoms with Crippen molar-refractivity contribution in [2.45, 2.75) is 11.9 Å². The zero-order chi connectivity index (χ0) is 28.6. The molecule has 0 bridgehead atoms. The number of aromatic amines is 1. The van der Waals surface area contributed by atoms with E-state index in [0.29, 0.717) is 16.5 Å². The second-order valence-electron chi connectivity index (χ2n) is 9.06. The fraction of sp³-hybridized carbons (Fsp3) is 0.0741. The molecule has 14 heteroatoms. The van der Waals surface area contributed by atoms with Crippen molar-refractivity contribution in [1.82, 2.24) is 15.2 Å². The van der Waals surface area contributed by atoms with Crippen molar-refractivity contribution >= 4 is 32.5 Å². The van der Waals surface area contributed by atoms with Crippen LogP contribution in [0.2, 0.25) is 0 Å². The number of nitrogens with zero attached hydrogens (tertiary/aromatic N) is 6. The summed E-state index contributed by atoms with van der Waals surface area (Å²) in [6.07, 6.45) is 1.07. The van der Waals surface area contributed by atoms with Gasteiger partial charge in [0.2, 0.25) is 22.0 Å². The van der Waals surface area contributed by atoms with Crippen molar-refractivity contribution < 1.29 is 22.0 Å². The molecule has 0 saturated heterocycles. The maximum atomic E-state index is 15.5. The number of aromatic nitrogens is 3. The van der Waals surface area contributed by atoms with E-state index in [0.717, 1.165) is 23.3 Å². The van der Waals surface area contributed by atoms with Gasteiger partial charge in [-0.2, -0.15) is 5.10 Å². The van der Waals surface area contributed by atoms with Crippen molar-refractivity contribution in [2.24, 2.45) is 20.7 Å². The summed E-state index contributed by atoms with van der Waals surface area (Å²) in [6, 6.07) is 18.8. The van der Waals surface area contributed by atoms with Crippen LogP contribution >= 0.6 is 0 Å². The van der Waals surface area contributed by atoms with Crippen LogP contribution in [0, 0.1) is 11.6 Å². The van der Waals surface area contributed by atoms with Gasteiger partial charge in [-0.25, -0.2) is 22.2 Å². The van der Waals surface area contributed by atoms with Gasteiger partial charge in [-0.3, -0.25) is 14.6 Å². The molecule has 2 N–H and O–H groups in total. The third-order valence-electron chi connectivity index (χ3n) is 6.33. The highest BCUT2D eigenvalue weighted by atomic mass is 32.2. The highest BCUT2D eigenvalue weighted by Gasteiger charge is 2.26. The molecule has 6 rings (SSSR count). The van der Waals surface area contributed by atoms with Crippen LogP contribution in [0.5, 0.6) is 0 Å². The molecule has 0 spiro atoms. The number of hydrogen-bond acceptors (Lipinski definition) is 9. The van der Waals surface area contributed by atoms with Crippen LogP contribution in [-0.4, -0.2) is 29.4 Å². The number of anilines is 1. The van der Waals surface area contributed by atoms with Crippen molar-refractivity contribution in [3.8, 4) is 11.1 Å². The largest absolute Gasteiger partial charge is 0.287 e. The van der Waals surface area contributed by atoms with E-state index in [1.54, 1.807) is 42.6 Å². The lowest BCUT2D eigenvalue weighted by Gasteiger charge is -2.12. The Morgan fingerprint density at radius 2 is 1.66 bits per heavy atom. The van der Waals surface area contributed by atoms with Gasteiger partial charge < -0.3 is 0 Å². The van der Waals surface area contributed by atoms with E-state index in [1.807, 2.05) is 29.0 Å². The van der Waals surface area contributed by atoms with Gasteiger partial charge in [0.05, 0.1) is 16.7 Å². The molecule has 5 aromatic rings. The normalized spacial score (nSPS) is 13.2. The van der Waals surface area contributed by atoms with Crippen LogP contribution in [0.3, 0.4) is 0 Å². The van der Waals surface area contributed by atoms with Gasteiger partial charge in [0.15, 0.2) is 11.5 Å². The summed E-state index contributed by atoms with van der Waals surface area (Å²) in [7, 11) is -4.20. The predicted octanol–water partition coefficient (Wildman–Crippen LogP) is 5.91. The Morgan fingerprint density at radius 1 is 0.927 bits per heavy atom. The van der Waals surface area contributed by atoms with E-state index >= 15 is 4.39 Å². The number of benzene rings is 3. The first-order valence-corrected chi connectivity index (χ1v) is 13.8. The van der Waals surface area contributed by atoms with Crippen LogP contribution in [0.25, 0.3) is 22.2 Å². The lowest BCUT2D eigenvalue weighted by atomic mass is 10.0. The molecule has 11 nitrogen and oxygen atoms in total. The van der Waals surface area contributed by atoms with E-state index in [1.165, 1.54) is 0 Å². The van der Waals surface area contributed by atoms with Gasteiger partial charge in [0.1, 0.15) is 17.2 Å². The molecule has 3 heterocycles. The molecule has 0 radical (unpaired) electrons. The number of nitrogens with one attached hydrogen (secondary N) is 2. The molecule has 204 valence electrons. The summed E-state index contributed by atoms with van der Waals surface area (Å²) in [6.45, 7) is 0. The Labute approximate surface area is 231 Å². The third-order valence-corrected chi connectivity index (χ3v) is 7.56. The zero-order valence-corrected chi connectivity index (χ0v) is 21.7. The van der Waals surface area contributed by atoms with Gasteiger partial charge in [-0.05, 0) is 39.8 Å². The molecule has 0 fully saturated rings. The minimum atomic E-state index is -4.20. The summed E-state index contributed by atoms with van der Waals surface area (Å²) in [5, 5.41) is 21.7. The molecule has 0 aliphatic carbocycles. The Kier molecular flexibility index (Phi) is 6.59. The third kappa shape index (κ3) is 5.19. The van der Waals surface area contributed by atoms with Crippen LogP contribution in [-0.2, 0) is 15.8 Å². The number of halogens is 2. The Balaban J connectivity index is 1.31. The molecule has 0 saturated carbocycles. The second-order valence-corrected chi connectivity index (χ2v) is 10.8. The standard InChI is InChI=1S/C27H18F2N8O3S/c28-21-11-10-19(22(29)24(21)35-41(39,40)14-15-4-2-1-3-5-15)25(38)23-20-12-18(13-30-27(20)32-31-23)16-6-8-17(9-7-16)26-33-36-37-34-26/h1-13,26,35H,14H2,(H,30,31,32). The van der Waals surface area contributed by atoms with E-state index in [-0.39, 0.29) is 11.3 Å². The summed E-state index contributed by atoms with van der Waals surface area (Å²) in [5.74, 6) is -3.89. The van der Waals surface area contributed by atoms with Crippen LogP contribution in [0.1, 0.15) is 33.3 Å². The molecule has 1 aliphatic rings. The summed E-state index contributed by atoms with van der Waals surface area (Å²) in [4.78, 5) is 17.7. The van der Waals surface area contributed by atoms with Crippen molar-refractivity contribution in [3.05, 3.63) is 113 Å². The molecule has 0 atom stereocenters. The first kappa shape index (κ1) is 26.0. The smallest absolute Gasteiger partial charge is 0.237 e. The summed E-state index contributed by atoms with van der Waals surface area (Å²) in [5.41, 5.74) is 1.22. The molecular weight excluding hydrogens is 554 g/mol. The van der Waals surface area contributed by atoms with E-state index in [4.69, 9.17) is 0 Å². The molecule has 41 heavy (non-hydrogen) atoms. The lowest BCUT2D eigenvalue weighted by Crippen LogP contribution is -2.18. The second kappa shape index (κ2) is 10.4. The quantitative estimate of drug-likeness (QED) is 0.221. The highest BCUT2D eigenvalue weighted by Crippen LogP contribution is 2.30. The molecule has 0 amide bonds. The number of pyridine rings is 1. The number of H-pyrrole nitrogens is 1. The van der Waals surface area contributed by atoms with Crippen LogP contribution in [0.15, 0.2) is 99.7 Å². The fourth-order valence-electron chi connectivity index (χ4n) is 4.32. The molecule has 1 aliphatic heterocycles. The average molecular weight is 573 g/mol. The van der Waals surface area contributed by atoms with Crippen molar-refractivity contribution in [2.75, 3.05) is 4.72 Å². The van der Waals surface area contributed by atoms with E-state index in [9.17, 15) is 17.6 Å². The van der Waals surface area contributed by atoms with Crippen molar-refractivity contribution in [3.63, 3.8) is 0 Å². The Hall–Kier alpha value is -5.24. The Morgan fingerprint density at radius 3 is 2.39 bits per heavy atom. The molecule has 3 aromatic carbocycles. The van der Waals surface area contributed by atoms with E-state index in [2.05, 4.69) is 35.9 Å². The van der Waals surface area contributed by atoms with Crippen LogP contribution < -0.4 is 4.72 Å². The van der Waals surface area contributed by atoms with Gasteiger partial charge in [-0.1, -0.05) is 54.6 Å². The number of hydrogen-bond donors (Lipinski definition) is 2. The number of ketones is 1. The SMILES string of the molecule is O=C(c1ccc(F)c(NS(=O)(=O)Cc2ccccc2)c1F)c1[nH]nc2ncc(-c3ccc(C4N=NN=N4)cc3)cc12. The van der Waals surface area contributed by atoms with Gasteiger partial charge >= 0.3 is 0 Å². The minimum absolute atomic E-state index is 0.0960. The summed E-state index contributed by atoms with van der Waals surface area (Å²) >= 11 is 0. The lowest BCUT2D eigenvalue weighted by molar-refractivity contribution is 0.103. The number of sulfonamides is 1. The zero-order valence-electron chi connectivity index (χ0n) is 20.9. The number of carbonyl (C=O) groups excluding carboxylic acids is 1. The molecular formula is C27H18F2N8O3S. The topological polar surface area (TPSA) is 154 Å². The number of fused-ring (bicyclic) bond motifs is 1. The first-order chi connectivity index (χ1) is 19.8.